The number of carboxylic acids is 1. The van der Waals surface area contributed by atoms with Crippen LogP contribution in [0.1, 0.15) is 34.6 Å². The summed E-state index contributed by atoms with van der Waals surface area (Å²) in [5.74, 6) is 1.56. The summed E-state index contributed by atoms with van der Waals surface area (Å²) in [6.07, 6.45) is 2.23. The van der Waals surface area contributed by atoms with Crippen molar-refractivity contribution in [1.82, 2.24) is 10.3 Å². The Balaban J connectivity index is 1.44. The van der Waals surface area contributed by atoms with Gasteiger partial charge in [0.2, 0.25) is 5.89 Å². The monoisotopic (exact) mass is 406 g/mol. The molecular weight excluding hydrogens is 380 g/mol. The second kappa shape index (κ2) is 9.13. The molecule has 0 unspecified atom stereocenters. The van der Waals surface area contributed by atoms with Crippen LogP contribution < -0.4 is 10.1 Å². The number of hydrogen-bond acceptors (Lipinski definition) is 5. The first-order chi connectivity index (χ1) is 14.6. The molecule has 3 aromatic rings. The van der Waals surface area contributed by atoms with E-state index in [0.717, 1.165) is 47.8 Å². The number of rotatable bonds is 8. The summed E-state index contributed by atoms with van der Waals surface area (Å²) in [6.45, 7) is 4.09. The van der Waals surface area contributed by atoms with E-state index in [2.05, 4.69) is 10.3 Å². The molecule has 0 saturated heterocycles. The van der Waals surface area contributed by atoms with Crippen LogP contribution in [-0.2, 0) is 30.6 Å². The fraction of sp³-hybridized carbons (Fsp3) is 0.333. The molecule has 2 aromatic carbocycles. The maximum atomic E-state index is 10.9. The normalized spacial score (nSPS) is 13.1. The molecule has 0 amide bonds. The number of aliphatic carboxylic acids is 1. The highest BCUT2D eigenvalue weighted by Gasteiger charge is 2.18. The number of carbonyl (C=O) groups is 1. The van der Waals surface area contributed by atoms with Gasteiger partial charge in [-0.3, -0.25) is 4.79 Å². The summed E-state index contributed by atoms with van der Waals surface area (Å²) in [4.78, 5) is 15.6. The predicted molar refractivity (Wildman–Crippen MR) is 114 cm³/mol. The number of aryl methyl sites for hydroxylation is 2. The minimum atomic E-state index is -0.773. The van der Waals surface area contributed by atoms with Crippen molar-refractivity contribution < 1.29 is 19.1 Å². The lowest BCUT2D eigenvalue weighted by atomic mass is 9.92. The molecular formula is C24H26N2O4. The number of carboxylic acid groups (broad SMARTS) is 1. The lowest BCUT2D eigenvalue weighted by molar-refractivity contribution is -0.136. The Bertz CT molecular complexity index is 1030. The minimum absolute atomic E-state index is 0.141. The first kappa shape index (κ1) is 20.2. The topological polar surface area (TPSA) is 84.6 Å². The smallest absolute Gasteiger partial charge is 0.303 e. The lowest BCUT2D eigenvalue weighted by Crippen LogP contribution is -2.25. The van der Waals surface area contributed by atoms with Gasteiger partial charge in [-0.05, 0) is 55.6 Å². The summed E-state index contributed by atoms with van der Waals surface area (Å²) >= 11 is 0. The van der Waals surface area contributed by atoms with Crippen molar-refractivity contribution in [2.24, 2.45) is 0 Å². The highest BCUT2D eigenvalue weighted by molar-refractivity contribution is 5.67. The van der Waals surface area contributed by atoms with Gasteiger partial charge in [0.05, 0.1) is 12.3 Å². The zero-order valence-electron chi connectivity index (χ0n) is 17.1. The van der Waals surface area contributed by atoms with Gasteiger partial charge in [0.15, 0.2) is 0 Å². The molecule has 4 rings (SSSR count). The summed E-state index contributed by atoms with van der Waals surface area (Å²) in [5.41, 5.74) is 5.34. The van der Waals surface area contributed by atoms with E-state index in [1.165, 1.54) is 11.1 Å². The molecule has 0 saturated carbocycles. The van der Waals surface area contributed by atoms with E-state index < -0.39 is 5.97 Å². The number of nitrogens with one attached hydrogen (secondary N) is 1. The third kappa shape index (κ3) is 4.54. The van der Waals surface area contributed by atoms with E-state index in [1.54, 1.807) is 0 Å². The average Bonchev–Trinajstić information content (AvgIpc) is 3.14. The molecule has 6 nitrogen and oxygen atoms in total. The fourth-order valence-corrected chi connectivity index (χ4v) is 3.87. The highest BCUT2D eigenvalue weighted by atomic mass is 16.5. The Morgan fingerprint density at radius 1 is 1.17 bits per heavy atom. The van der Waals surface area contributed by atoms with E-state index in [9.17, 15) is 4.79 Å². The van der Waals surface area contributed by atoms with Crippen LogP contribution in [0.4, 0.5) is 0 Å². The Morgan fingerprint density at radius 3 is 2.80 bits per heavy atom. The summed E-state index contributed by atoms with van der Waals surface area (Å²) in [5, 5.41) is 12.4. The minimum Gasteiger partial charge on any atom is -0.493 e. The average molecular weight is 406 g/mol. The Morgan fingerprint density at radius 2 is 2.00 bits per heavy atom. The van der Waals surface area contributed by atoms with Crippen molar-refractivity contribution in [3.05, 3.63) is 70.6 Å². The lowest BCUT2D eigenvalue weighted by Gasteiger charge is -2.23. The number of fused-ring (bicyclic) bond motifs is 1. The maximum Gasteiger partial charge on any atom is 0.303 e. The number of oxazole rings is 1. The van der Waals surface area contributed by atoms with Crippen molar-refractivity contribution >= 4 is 5.97 Å². The number of ether oxygens (including phenoxy) is 1. The zero-order chi connectivity index (χ0) is 20.9. The predicted octanol–water partition coefficient (Wildman–Crippen LogP) is 3.93. The van der Waals surface area contributed by atoms with Crippen LogP contribution in [0.15, 0.2) is 46.9 Å². The summed E-state index contributed by atoms with van der Waals surface area (Å²) in [7, 11) is 0. The number of hydrogen-bond donors (Lipinski definition) is 2. The van der Waals surface area contributed by atoms with Gasteiger partial charge in [0.25, 0.3) is 0 Å². The molecule has 0 spiro atoms. The second-order valence-electron chi connectivity index (χ2n) is 7.49. The molecule has 1 aliphatic heterocycles. The first-order valence-corrected chi connectivity index (χ1v) is 10.3. The summed E-state index contributed by atoms with van der Waals surface area (Å²) in [6, 6.07) is 13.9. The largest absolute Gasteiger partial charge is 0.493 e. The van der Waals surface area contributed by atoms with Crippen LogP contribution >= 0.6 is 0 Å². The fourth-order valence-electron chi connectivity index (χ4n) is 3.87. The molecule has 0 atom stereocenters. The van der Waals surface area contributed by atoms with Crippen LogP contribution in [0.2, 0.25) is 0 Å². The van der Waals surface area contributed by atoms with Crippen molar-refractivity contribution in [3.8, 4) is 17.2 Å². The molecule has 0 radical (unpaired) electrons. The molecule has 0 bridgehead atoms. The Labute approximate surface area is 175 Å². The van der Waals surface area contributed by atoms with Crippen LogP contribution in [0.3, 0.4) is 0 Å². The van der Waals surface area contributed by atoms with Crippen LogP contribution in [0.25, 0.3) is 11.5 Å². The molecule has 1 aliphatic rings. The molecule has 1 aromatic heterocycles. The number of aromatic nitrogens is 1. The van der Waals surface area contributed by atoms with Crippen molar-refractivity contribution in [3.63, 3.8) is 0 Å². The van der Waals surface area contributed by atoms with Crippen molar-refractivity contribution in [2.75, 3.05) is 13.2 Å². The molecule has 2 heterocycles. The molecule has 156 valence electrons. The Hall–Kier alpha value is -3.12. The van der Waals surface area contributed by atoms with Gasteiger partial charge in [-0.2, -0.15) is 0 Å². The van der Waals surface area contributed by atoms with Gasteiger partial charge in [-0.25, -0.2) is 4.98 Å². The molecule has 6 heteroatoms. The SMILES string of the molecule is Cc1oc(-c2ccccc2)nc1CCOc1ccc(CCC(=O)O)c2c1CCNC2. The van der Waals surface area contributed by atoms with E-state index in [0.29, 0.717) is 25.3 Å². The first-order valence-electron chi connectivity index (χ1n) is 10.3. The third-order valence-electron chi connectivity index (χ3n) is 5.46. The zero-order valence-corrected chi connectivity index (χ0v) is 17.1. The molecule has 2 N–H and O–H groups in total. The molecule has 0 aliphatic carbocycles. The van der Waals surface area contributed by atoms with E-state index >= 15 is 0 Å². The van der Waals surface area contributed by atoms with Gasteiger partial charge in [0.1, 0.15) is 11.5 Å². The van der Waals surface area contributed by atoms with Crippen molar-refractivity contribution in [1.29, 1.82) is 0 Å². The van der Waals surface area contributed by atoms with Gasteiger partial charge in [-0.1, -0.05) is 24.3 Å². The third-order valence-corrected chi connectivity index (χ3v) is 5.46. The van der Waals surface area contributed by atoms with E-state index in [1.807, 2.05) is 49.4 Å². The van der Waals surface area contributed by atoms with Gasteiger partial charge in [-0.15, -0.1) is 0 Å². The Kier molecular flexibility index (Phi) is 6.14. The van der Waals surface area contributed by atoms with Gasteiger partial charge >= 0.3 is 5.97 Å². The maximum absolute atomic E-state index is 10.9. The summed E-state index contributed by atoms with van der Waals surface area (Å²) < 4.78 is 12.0. The van der Waals surface area contributed by atoms with Gasteiger partial charge < -0.3 is 19.6 Å². The van der Waals surface area contributed by atoms with Crippen LogP contribution in [0, 0.1) is 6.92 Å². The molecule has 0 fully saturated rings. The van der Waals surface area contributed by atoms with Gasteiger partial charge in [0, 0.05) is 30.5 Å². The standard InChI is InChI=1S/C24H26N2O4/c1-16-21(26-24(30-16)18-5-3-2-4-6-18)12-14-29-22-9-7-17(8-10-23(27)28)20-15-25-13-11-19(20)22/h2-7,9,25H,8,10-15H2,1H3,(H,27,28). The number of nitrogens with zero attached hydrogens (tertiary/aromatic N) is 1. The quantitative estimate of drug-likeness (QED) is 0.590. The van der Waals surface area contributed by atoms with E-state index in [-0.39, 0.29) is 6.42 Å². The second-order valence-corrected chi connectivity index (χ2v) is 7.49. The molecule has 30 heavy (non-hydrogen) atoms. The van der Waals surface area contributed by atoms with E-state index in [4.69, 9.17) is 14.3 Å². The van der Waals surface area contributed by atoms with Crippen LogP contribution in [0.5, 0.6) is 5.75 Å². The number of benzene rings is 2. The van der Waals surface area contributed by atoms with Crippen molar-refractivity contribution in [2.45, 2.75) is 39.2 Å². The van der Waals surface area contributed by atoms with Crippen LogP contribution in [-0.4, -0.2) is 29.2 Å². The highest BCUT2D eigenvalue weighted by Crippen LogP contribution is 2.30.